The second-order valence-corrected chi connectivity index (χ2v) is 7.10. The van der Waals surface area contributed by atoms with E-state index in [4.69, 9.17) is 11.6 Å². The molecule has 0 fully saturated rings. The Morgan fingerprint density at radius 2 is 2.05 bits per heavy atom. The van der Waals surface area contributed by atoms with Crippen molar-refractivity contribution in [3.05, 3.63) is 66.7 Å². The Hall–Kier alpha value is -0.100. The molecule has 0 aliphatic carbocycles. The second kappa shape index (κ2) is 7.78. The molecule has 1 nitrogen and oxygen atoms in total. The summed E-state index contributed by atoms with van der Waals surface area (Å²) in [4.78, 5) is 0. The number of nitrogens with one attached hydrogen (secondary N) is 1. The van der Waals surface area contributed by atoms with Crippen LogP contribution in [-0.4, -0.2) is 6.54 Å². The smallest absolute Gasteiger partial charge is 0.0542 e. The van der Waals surface area contributed by atoms with E-state index in [0.717, 1.165) is 26.0 Å². The van der Waals surface area contributed by atoms with Gasteiger partial charge in [0.25, 0.3) is 0 Å². The highest BCUT2D eigenvalue weighted by Crippen LogP contribution is 2.26. The van der Waals surface area contributed by atoms with Crippen molar-refractivity contribution in [1.82, 2.24) is 5.32 Å². The molecule has 4 heteroatoms. The fourth-order valence-electron chi connectivity index (χ4n) is 2.18. The Balaban J connectivity index is 2.24. The van der Waals surface area contributed by atoms with E-state index >= 15 is 0 Å². The van der Waals surface area contributed by atoms with Gasteiger partial charge in [-0.15, -0.1) is 0 Å². The normalized spacial score (nSPS) is 12.4. The third-order valence-electron chi connectivity index (χ3n) is 3.13. The van der Waals surface area contributed by atoms with Crippen molar-refractivity contribution in [3.8, 4) is 0 Å². The fraction of sp³-hybridized carbons (Fsp3) is 0.250. The SMILES string of the molecule is CCNC(Cc1cccc(Br)c1)c1ccc(I)c(Cl)c1. The summed E-state index contributed by atoms with van der Waals surface area (Å²) >= 11 is 12.0. The van der Waals surface area contributed by atoms with Crippen LogP contribution in [0.1, 0.15) is 24.1 Å². The number of rotatable bonds is 5. The number of hydrogen-bond acceptors (Lipinski definition) is 1. The molecule has 0 spiro atoms. The van der Waals surface area contributed by atoms with Crippen molar-refractivity contribution in [3.63, 3.8) is 0 Å². The minimum Gasteiger partial charge on any atom is -0.310 e. The molecule has 106 valence electrons. The van der Waals surface area contributed by atoms with Gasteiger partial charge in [0.1, 0.15) is 0 Å². The molecule has 1 N–H and O–H groups in total. The van der Waals surface area contributed by atoms with Gasteiger partial charge in [0.05, 0.1) is 5.02 Å². The molecule has 0 aliphatic heterocycles. The Labute approximate surface area is 147 Å². The van der Waals surface area contributed by atoms with Crippen LogP contribution < -0.4 is 5.32 Å². The highest BCUT2D eigenvalue weighted by Gasteiger charge is 2.12. The Morgan fingerprint density at radius 3 is 2.70 bits per heavy atom. The maximum atomic E-state index is 6.24. The predicted octanol–water partition coefficient (Wildman–Crippen LogP) is 5.60. The van der Waals surface area contributed by atoms with Gasteiger partial charge in [0.15, 0.2) is 0 Å². The zero-order valence-electron chi connectivity index (χ0n) is 11.2. The third-order valence-corrected chi connectivity index (χ3v) is 5.19. The highest BCUT2D eigenvalue weighted by atomic mass is 127. The summed E-state index contributed by atoms with van der Waals surface area (Å²) in [6.45, 7) is 3.06. The largest absolute Gasteiger partial charge is 0.310 e. The number of likely N-dealkylation sites (N-methyl/N-ethyl adjacent to an activating group) is 1. The van der Waals surface area contributed by atoms with E-state index < -0.39 is 0 Å². The van der Waals surface area contributed by atoms with Gasteiger partial charge in [-0.1, -0.05) is 52.7 Å². The van der Waals surface area contributed by atoms with Gasteiger partial charge < -0.3 is 5.32 Å². The molecule has 0 saturated carbocycles. The van der Waals surface area contributed by atoms with Gasteiger partial charge >= 0.3 is 0 Å². The van der Waals surface area contributed by atoms with E-state index in [1.807, 2.05) is 6.07 Å². The zero-order chi connectivity index (χ0) is 14.5. The summed E-state index contributed by atoms with van der Waals surface area (Å²) in [6.07, 6.45) is 0.949. The predicted molar refractivity (Wildman–Crippen MR) is 98.4 cm³/mol. The molecule has 2 rings (SSSR count). The summed E-state index contributed by atoms with van der Waals surface area (Å²) < 4.78 is 2.21. The molecule has 0 saturated heterocycles. The van der Waals surface area contributed by atoms with Gasteiger partial charge in [-0.25, -0.2) is 0 Å². The van der Waals surface area contributed by atoms with E-state index in [9.17, 15) is 0 Å². The molecule has 0 radical (unpaired) electrons. The van der Waals surface area contributed by atoms with Gasteiger partial charge in [0, 0.05) is 14.1 Å². The van der Waals surface area contributed by atoms with Crippen molar-refractivity contribution < 1.29 is 0 Å². The molecular formula is C16H16BrClIN. The molecule has 1 atom stereocenters. The standard InChI is InChI=1S/C16H16BrClIN/c1-2-20-16(9-11-4-3-5-13(17)8-11)12-6-7-15(19)14(18)10-12/h3-8,10,16,20H,2,9H2,1H3. The molecular weight excluding hydrogens is 448 g/mol. The van der Waals surface area contributed by atoms with Gasteiger partial charge in [0.2, 0.25) is 0 Å². The van der Waals surface area contributed by atoms with E-state index in [1.54, 1.807) is 0 Å². The van der Waals surface area contributed by atoms with Crippen LogP contribution in [-0.2, 0) is 6.42 Å². The van der Waals surface area contributed by atoms with Crippen LogP contribution in [0.3, 0.4) is 0 Å². The molecule has 0 aromatic heterocycles. The van der Waals surface area contributed by atoms with Crippen LogP contribution in [0.15, 0.2) is 46.9 Å². The molecule has 0 heterocycles. The van der Waals surface area contributed by atoms with E-state index in [2.05, 4.69) is 87.2 Å². The lowest BCUT2D eigenvalue weighted by molar-refractivity contribution is 0.549. The maximum absolute atomic E-state index is 6.24. The molecule has 2 aromatic carbocycles. The molecule has 1 unspecified atom stereocenters. The summed E-state index contributed by atoms with van der Waals surface area (Å²) in [6, 6.07) is 15.0. The first-order valence-corrected chi connectivity index (χ1v) is 8.78. The van der Waals surface area contributed by atoms with Crippen LogP contribution in [0, 0.1) is 3.57 Å². The lowest BCUT2D eigenvalue weighted by Gasteiger charge is -2.19. The Bertz CT molecular complexity index is 588. The lowest BCUT2D eigenvalue weighted by Crippen LogP contribution is -2.23. The highest BCUT2D eigenvalue weighted by molar-refractivity contribution is 14.1. The van der Waals surface area contributed by atoms with Crippen LogP contribution >= 0.6 is 50.1 Å². The van der Waals surface area contributed by atoms with Crippen LogP contribution in [0.2, 0.25) is 5.02 Å². The van der Waals surface area contributed by atoms with Crippen LogP contribution in [0.5, 0.6) is 0 Å². The zero-order valence-corrected chi connectivity index (χ0v) is 15.7. The fourth-order valence-corrected chi connectivity index (χ4v) is 3.15. The Morgan fingerprint density at radius 1 is 1.25 bits per heavy atom. The first kappa shape index (κ1) is 16.3. The summed E-state index contributed by atoms with van der Waals surface area (Å²) in [5, 5.41) is 4.36. The number of halogens is 3. The topological polar surface area (TPSA) is 12.0 Å². The van der Waals surface area contributed by atoms with Crippen molar-refractivity contribution >= 4 is 50.1 Å². The van der Waals surface area contributed by atoms with Crippen molar-refractivity contribution in [2.24, 2.45) is 0 Å². The van der Waals surface area contributed by atoms with Gasteiger partial charge in [-0.05, 0) is 70.9 Å². The van der Waals surface area contributed by atoms with Gasteiger partial charge in [-0.2, -0.15) is 0 Å². The maximum Gasteiger partial charge on any atom is 0.0542 e. The van der Waals surface area contributed by atoms with Crippen LogP contribution in [0.4, 0.5) is 0 Å². The minimum absolute atomic E-state index is 0.281. The first-order chi connectivity index (χ1) is 9.60. The molecule has 0 amide bonds. The summed E-state index contributed by atoms with van der Waals surface area (Å²) in [5.74, 6) is 0. The first-order valence-electron chi connectivity index (χ1n) is 6.53. The lowest BCUT2D eigenvalue weighted by atomic mass is 9.99. The van der Waals surface area contributed by atoms with Crippen molar-refractivity contribution in [1.29, 1.82) is 0 Å². The Kier molecular flexibility index (Phi) is 6.33. The second-order valence-electron chi connectivity index (χ2n) is 4.62. The minimum atomic E-state index is 0.281. The molecule has 0 bridgehead atoms. The number of benzene rings is 2. The monoisotopic (exact) mass is 463 g/mol. The van der Waals surface area contributed by atoms with Gasteiger partial charge in [-0.3, -0.25) is 0 Å². The van der Waals surface area contributed by atoms with E-state index in [1.165, 1.54) is 11.1 Å². The molecule has 0 aliphatic rings. The van der Waals surface area contributed by atoms with Crippen LogP contribution in [0.25, 0.3) is 0 Å². The summed E-state index contributed by atoms with van der Waals surface area (Å²) in [7, 11) is 0. The summed E-state index contributed by atoms with van der Waals surface area (Å²) in [5.41, 5.74) is 2.54. The third kappa shape index (κ3) is 4.45. The molecule has 2 aromatic rings. The average molecular weight is 465 g/mol. The molecule has 20 heavy (non-hydrogen) atoms. The van der Waals surface area contributed by atoms with E-state index in [-0.39, 0.29) is 6.04 Å². The number of hydrogen-bond donors (Lipinski definition) is 1. The van der Waals surface area contributed by atoms with Crippen molar-refractivity contribution in [2.75, 3.05) is 6.54 Å². The quantitative estimate of drug-likeness (QED) is 0.568. The van der Waals surface area contributed by atoms with E-state index in [0.29, 0.717) is 0 Å². The average Bonchev–Trinajstić information content (AvgIpc) is 2.41. The van der Waals surface area contributed by atoms with Crippen molar-refractivity contribution in [2.45, 2.75) is 19.4 Å².